The van der Waals surface area contributed by atoms with E-state index < -0.39 is 0 Å². The third kappa shape index (κ3) is 7.10. The van der Waals surface area contributed by atoms with E-state index >= 15 is 0 Å². The topological polar surface area (TPSA) is 55.4 Å². The number of aryl methyl sites for hydroxylation is 2. The number of ether oxygens (including phenoxy) is 1. The summed E-state index contributed by atoms with van der Waals surface area (Å²) in [6, 6.07) is 15.9. The zero-order valence-corrected chi connectivity index (χ0v) is 17.0. The van der Waals surface area contributed by atoms with Crippen molar-refractivity contribution in [1.29, 1.82) is 0 Å². The van der Waals surface area contributed by atoms with Crippen molar-refractivity contribution in [3.05, 3.63) is 65.2 Å². The van der Waals surface area contributed by atoms with Gasteiger partial charge in [0.25, 0.3) is 5.91 Å². The number of carbonyl (C=O) groups is 2. The second-order valence-electron chi connectivity index (χ2n) is 6.54. The van der Waals surface area contributed by atoms with Crippen molar-refractivity contribution in [3.8, 4) is 0 Å². The van der Waals surface area contributed by atoms with Crippen LogP contribution in [0, 0.1) is 13.8 Å². The number of esters is 1. The Bertz CT molecular complexity index is 761. The highest BCUT2D eigenvalue weighted by molar-refractivity contribution is 8.00. The van der Waals surface area contributed by atoms with Crippen LogP contribution in [0.3, 0.4) is 0 Å². The molecule has 0 aliphatic rings. The smallest absolute Gasteiger partial charge is 0.316 e. The lowest BCUT2D eigenvalue weighted by Crippen LogP contribution is -2.32. The van der Waals surface area contributed by atoms with E-state index in [1.165, 1.54) is 17.3 Å². The van der Waals surface area contributed by atoms with Crippen molar-refractivity contribution >= 4 is 23.6 Å². The maximum atomic E-state index is 12.2. The molecular formula is C22H27NO3S. The summed E-state index contributed by atoms with van der Waals surface area (Å²) in [4.78, 5) is 25.2. The van der Waals surface area contributed by atoms with Gasteiger partial charge in [0.05, 0.1) is 11.8 Å². The Labute approximate surface area is 165 Å². The van der Waals surface area contributed by atoms with Crippen LogP contribution in [-0.4, -0.2) is 24.2 Å². The van der Waals surface area contributed by atoms with Crippen LogP contribution in [-0.2, 0) is 14.3 Å². The van der Waals surface area contributed by atoms with Gasteiger partial charge in [0.2, 0.25) is 0 Å². The third-order valence-electron chi connectivity index (χ3n) is 4.15. The molecule has 144 valence electrons. The summed E-state index contributed by atoms with van der Waals surface area (Å²) < 4.78 is 5.13. The molecule has 0 aromatic heterocycles. The Hall–Kier alpha value is -2.27. The van der Waals surface area contributed by atoms with Crippen molar-refractivity contribution in [2.24, 2.45) is 0 Å². The molecule has 0 fully saturated rings. The van der Waals surface area contributed by atoms with E-state index in [2.05, 4.69) is 18.3 Å². The molecule has 2 aromatic rings. The predicted molar refractivity (Wildman–Crippen MR) is 110 cm³/mol. The Balaban J connectivity index is 1.79. The molecule has 0 unspecified atom stereocenters. The molecule has 1 N–H and O–H groups in total. The number of carbonyl (C=O) groups excluding carboxylic acids is 2. The zero-order chi connectivity index (χ0) is 19.6. The molecule has 0 bridgehead atoms. The molecule has 1 amide bonds. The lowest BCUT2D eigenvalue weighted by molar-refractivity contribution is -0.146. The van der Waals surface area contributed by atoms with Crippen molar-refractivity contribution in [2.45, 2.75) is 44.6 Å². The molecule has 0 saturated heterocycles. The van der Waals surface area contributed by atoms with E-state index in [1.54, 1.807) is 0 Å². The molecule has 2 aromatic carbocycles. The number of nitrogens with one attached hydrogen (secondary N) is 1. The summed E-state index contributed by atoms with van der Waals surface area (Å²) in [5.74, 6) is -0.474. The Kier molecular flexibility index (Phi) is 8.40. The molecule has 5 heteroatoms. The van der Waals surface area contributed by atoms with E-state index in [4.69, 9.17) is 4.74 Å². The Morgan fingerprint density at radius 3 is 2.52 bits per heavy atom. The van der Waals surface area contributed by atoms with Gasteiger partial charge in [0, 0.05) is 4.90 Å². The van der Waals surface area contributed by atoms with Crippen LogP contribution in [0.25, 0.3) is 0 Å². The molecule has 0 heterocycles. The summed E-state index contributed by atoms with van der Waals surface area (Å²) in [6.07, 6.45) is 1.79. The highest BCUT2D eigenvalue weighted by atomic mass is 32.2. The van der Waals surface area contributed by atoms with Crippen LogP contribution < -0.4 is 5.32 Å². The first kappa shape index (κ1) is 21.0. The summed E-state index contributed by atoms with van der Waals surface area (Å²) in [5.41, 5.74) is 3.39. The minimum atomic E-state index is -0.387. The second kappa shape index (κ2) is 10.8. The van der Waals surface area contributed by atoms with Gasteiger partial charge in [-0.05, 0) is 37.5 Å². The van der Waals surface area contributed by atoms with E-state index in [-0.39, 0.29) is 30.3 Å². The number of hydrogen-bond donors (Lipinski definition) is 1. The van der Waals surface area contributed by atoms with Gasteiger partial charge in [-0.2, -0.15) is 0 Å². The van der Waals surface area contributed by atoms with Gasteiger partial charge in [-0.1, -0.05) is 61.4 Å². The fourth-order valence-corrected chi connectivity index (χ4v) is 3.63. The largest absolute Gasteiger partial charge is 0.455 e. The average Bonchev–Trinajstić information content (AvgIpc) is 2.66. The van der Waals surface area contributed by atoms with Gasteiger partial charge in [-0.3, -0.25) is 9.59 Å². The summed E-state index contributed by atoms with van der Waals surface area (Å²) in [5, 5.41) is 2.96. The maximum absolute atomic E-state index is 12.2. The van der Waals surface area contributed by atoms with Gasteiger partial charge in [0.1, 0.15) is 0 Å². The molecule has 4 nitrogen and oxygen atoms in total. The van der Waals surface area contributed by atoms with Gasteiger partial charge in [0.15, 0.2) is 6.61 Å². The number of benzene rings is 2. The highest BCUT2D eigenvalue weighted by Gasteiger charge is 2.15. The second-order valence-corrected chi connectivity index (χ2v) is 7.55. The summed E-state index contributed by atoms with van der Waals surface area (Å²) in [6.45, 7) is 5.88. The normalized spacial score (nSPS) is 11.7. The molecule has 0 spiro atoms. The van der Waals surface area contributed by atoms with Gasteiger partial charge in [-0.15, -0.1) is 11.8 Å². The maximum Gasteiger partial charge on any atom is 0.316 e. The van der Waals surface area contributed by atoms with Crippen molar-refractivity contribution < 1.29 is 14.3 Å². The lowest BCUT2D eigenvalue weighted by atomic mass is 10.0. The fraction of sp³-hybridized carbons (Fsp3) is 0.364. The Morgan fingerprint density at radius 1 is 1.11 bits per heavy atom. The van der Waals surface area contributed by atoms with Crippen LogP contribution in [0.5, 0.6) is 0 Å². The standard InChI is InChI=1S/C22H27NO3S/c1-4-8-19(18-9-6-5-7-10-18)23-21(24)14-26-22(25)15-27-20-12-11-16(2)13-17(20)3/h5-7,9-13,19H,4,8,14-15H2,1-3H3,(H,23,24)/t19-/m0/s1. The minimum absolute atomic E-state index is 0.0630. The molecule has 2 rings (SSSR count). The van der Waals surface area contributed by atoms with E-state index in [9.17, 15) is 9.59 Å². The van der Waals surface area contributed by atoms with Crippen molar-refractivity contribution in [2.75, 3.05) is 12.4 Å². The van der Waals surface area contributed by atoms with Crippen molar-refractivity contribution in [1.82, 2.24) is 5.32 Å². The van der Waals surface area contributed by atoms with Crippen LogP contribution in [0.4, 0.5) is 0 Å². The van der Waals surface area contributed by atoms with Crippen LogP contribution in [0.1, 0.15) is 42.5 Å². The molecule has 0 aliphatic heterocycles. The van der Waals surface area contributed by atoms with Crippen LogP contribution in [0.2, 0.25) is 0 Å². The number of rotatable bonds is 9. The molecule has 0 aliphatic carbocycles. The zero-order valence-electron chi connectivity index (χ0n) is 16.2. The lowest BCUT2D eigenvalue weighted by Gasteiger charge is -2.18. The first-order valence-corrected chi connectivity index (χ1v) is 10.2. The van der Waals surface area contributed by atoms with Gasteiger partial charge in [-0.25, -0.2) is 0 Å². The SMILES string of the molecule is CCC[C@H](NC(=O)COC(=O)CSc1ccc(C)cc1C)c1ccccc1. The number of amides is 1. The quantitative estimate of drug-likeness (QED) is 0.506. The molecule has 1 atom stereocenters. The third-order valence-corrected chi connectivity index (χ3v) is 5.30. The van der Waals surface area contributed by atoms with Gasteiger partial charge < -0.3 is 10.1 Å². The number of hydrogen-bond acceptors (Lipinski definition) is 4. The van der Waals surface area contributed by atoms with Crippen molar-refractivity contribution in [3.63, 3.8) is 0 Å². The highest BCUT2D eigenvalue weighted by Crippen LogP contribution is 2.23. The first-order chi connectivity index (χ1) is 13.0. The van der Waals surface area contributed by atoms with Crippen LogP contribution in [0.15, 0.2) is 53.4 Å². The molecule has 27 heavy (non-hydrogen) atoms. The predicted octanol–water partition coefficient (Wildman–Crippen LogP) is 4.60. The molecular weight excluding hydrogens is 358 g/mol. The van der Waals surface area contributed by atoms with Gasteiger partial charge >= 0.3 is 5.97 Å². The summed E-state index contributed by atoms with van der Waals surface area (Å²) in [7, 11) is 0. The van der Waals surface area contributed by atoms with E-state index in [0.717, 1.165) is 28.9 Å². The monoisotopic (exact) mass is 385 g/mol. The van der Waals surface area contributed by atoms with E-state index in [0.29, 0.717) is 0 Å². The number of thioether (sulfide) groups is 1. The first-order valence-electron chi connectivity index (χ1n) is 9.19. The minimum Gasteiger partial charge on any atom is -0.455 e. The van der Waals surface area contributed by atoms with E-state index in [1.807, 2.05) is 56.3 Å². The molecule has 0 radical (unpaired) electrons. The fourth-order valence-electron chi connectivity index (χ4n) is 2.82. The average molecular weight is 386 g/mol. The molecule has 0 saturated carbocycles. The van der Waals surface area contributed by atoms with Crippen LogP contribution >= 0.6 is 11.8 Å². The summed E-state index contributed by atoms with van der Waals surface area (Å²) >= 11 is 1.43. The Morgan fingerprint density at radius 2 is 1.85 bits per heavy atom.